The second-order valence-electron chi connectivity index (χ2n) is 4.07. The highest BCUT2D eigenvalue weighted by Crippen LogP contribution is 2.27. The van der Waals surface area contributed by atoms with E-state index in [-0.39, 0.29) is 0 Å². The average molecular weight is 207 g/mol. The average Bonchev–Trinajstić information content (AvgIpc) is 2.65. The van der Waals surface area contributed by atoms with Crippen LogP contribution in [0.25, 0.3) is 0 Å². The van der Waals surface area contributed by atoms with Crippen LogP contribution >= 0.6 is 0 Å². The van der Waals surface area contributed by atoms with Crippen molar-refractivity contribution in [2.75, 3.05) is 10.7 Å². The summed E-state index contributed by atoms with van der Waals surface area (Å²) in [6.45, 7) is 2.27. The first-order valence-electron chi connectivity index (χ1n) is 5.36. The van der Waals surface area contributed by atoms with E-state index in [4.69, 9.17) is 5.84 Å². The maximum atomic E-state index is 5.25. The molecule has 0 aromatic carbocycles. The Bertz CT molecular complexity index is 327. The van der Waals surface area contributed by atoms with E-state index in [0.717, 1.165) is 5.82 Å². The lowest BCUT2D eigenvalue weighted by molar-refractivity contribution is 0.555. The molecule has 4 N–H and O–H groups in total. The minimum atomic E-state index is 0.450. The molecule has 2 atom stereocenters. The molecule has 2 rings (SSSR count). The molecule has 1 fully saturated rings. The summed E-state index contributed by atoms with van der Waals surface area (Å²) < 4.78 is 0. The minimum Gasteiger partial charge on any atom is -0.367 e. The van der Waals surface area contributed by atoms with Gasteiger partial charge >= 0.3 is 0 Å². The summed E-state index contributed by atoms with van der Waals surface area (Å²) in [7, 11) is 0. The first-order valence-corrected chi connectivity index (χ1v) is 5.36. The SMILES string of the molecule is CC1CCCC1Nc1ccnc(NN)n1. The number of rotatable bonds is 3. The third-order valence-electron chi connectivity index (χ3n) is 2.98. The number of nitrogens with one attached hydrogen (secondary N) is 2. The van der Waals surface area contributed by atoms with Crippen molar-refractivity contribution in [3.63, 3.8) is 0 Å². The van der Waals surface area contributed by atoms with Crippen molar-refractivity contribution >= 4 is 11.8 Å². The van der Waals surface area contributed by atoms with Gasteiger partial charge in [-0.25, -0.2) is 10.8 Å². The lowest BCUT2D eigenvalue weighted by Crippen LogP contribution is -2.23. The second-order valence-corrected chi connectivity index (χ2v) is 4.07. The molecule has 1 aromatic rings. The van der Waals surface area contributed by atoms with Crippen molar-refractivity contribution < 1.29 is 0 Å². The molecule has 0 spiro atoms. The smallest absolute Gasteiger partial charge is 0.239 e. The number of nitrogen functional groups attached to an aromatic ring is 1. The summed E-state index contributed by atoms with van der Waals surface area (Å²) in [4.78, 5) is 8.20. The van der Waals surface area contributed by atoms with E-state index in [1.54, 1.807) is 6.20 Å². The fourth-order valence-electron chi connectivity index (χ4n) is 2.06. The van der Waals surface area contributed by atoms with Crippen molar-refractivity contribution in [3.05, 3.63) is 12.3 Å². The lowest BCUT2D eigenvalue weighted by Gasteiger charge is -2.17. The number of nitrogens with two attached hydrogens (primary N) is 1. The predicted octanol–water partition coefficient (Wildman–Crippen LogP) is 1.36. The Hall–Kier alpha value is -1.36. The molecular weight excluding hydrogens is 190 g/mol. The van der Waals surface area contributed by atoms with Crippen LogP contribution in [0, 0.1) is 5.92 Å². The predicted molar refractivity (Wildman–Crippen MR) is 60.3 cm³/mol. The molecule has 82 valence electrons. The molecule has 0 aliphatic heterocycles. The van der Waals surface area contributed by atoms with E-state index in [0.29, 0.717) is 17.9 Å². The van der Waals surface area contributed by atoms with Gasteiger partial charge < -0.3 is 5.32 Å². The zero-order valence-electron chi connectivity index (χ0n) is 8.90. The minimum absolute atomic E-state index is 0.450. The first kappa shape index (κ1) is 10.2. The molecule has 5 nitrogen and oxygen atoms in total. The number of aromatic nitrogens is 2. The molecule has 1 heterocycles. The molecule has 1 saturated carbocycles. The highest BCUT2D eigenvalue weighted by atomic mass is 15.3. The fourth-order valence-corrected chi connectivity index (χ4v) is 2.06. The summed E-state index contributed by atoms with van der Waals surface area (Å²) in [5.41, 5.74) is 2.44. The summed E-state index contributed by atoms with van der Waals surface area (Å²) in [5.74, 6) is 7.26. The van der Waals surface area contributed by atoms with Crippen LogP contribution in [0.5, 0.6) is 0 Å². The highest BCUT2D eigenvalue weighted by Gasteiger charge is 2.23. The molecule has 5 heteroatoms. The van der Waals surface area contributed by atoms with E-state index >= 15 is 0 Å². The van der Waals surface area contributed by atoms with Crippen LogP contribution in [-0.4, -0.2) is 16.0 Å². The number of nitrogens with zero attached hydrogens (tertiary/aromatic N) is 2. The maximum absolute atomic E-state index is 5.25. The summed E-state index contributed by atoms with van der Waals surface area (Å²) in [5, 5.41) is 3.42. The number of hydrogen-bond donors (Lipinski definition) is 3. The fraction of sp³-hybridized carbons (Fsp3) is 0.600. The number of hydrazine groups is 1. The molecule has 1 aromatic heterocycles. The van der Waals surface area contributed by atoms with Crippen molar-refractivity contribution in [3.8, 4) is 0 Å². The number of hydrogen-bond acceptors (Lipinski definition) is 5. The highest BCUT2D eigenvalue weighted by molar-refractivity contribution is 5.40. The summed E-state index contributed by atoms with van der Waals surface area (Å²) in [6, 6.07) is 2.40. The van der Waals surface area contributed by atoms with Crippen LogP contribution in [0.3, 0.4) is 0 Å². The molecule has 0 saturated heterocycles. The Balaban J connectivity index is 2.03. The standard InChI is InChI=1S/C10H17N5/c1-7-3-2-4-8(7)13-9-5-6-12-10(14-9)15-11/h5-8H,2-4,11H2,1H3,(H2,12,13,14,15). The monoisotopic (exact) mass is 207 g/mol. The van der Waals surface area contributed by atoms with Crippen LogP contribution in [-0.2, 0) is 0 Å². The Morgan fingerprint density at radius 1 is 1.47 bits per heavy atom. The van der Waals surface area contributed by atoms with Gasteiger partial charge in [0.2, 0.25) is 5.95 Å². The van der Waals surface area contributed by atoms with Gasteiger partial charge in [0.05, 0.1) is 0 Å². The van der Waals surface area contributed by atoms with E-state index in [1.165, 1.54) is 19.3 Å². The van der Waals surface area contributed by atoms with Gasteiger partial charge in [0.1, 0.15) is 5.82 Å². The van der Waals surface area contributed by atoms with Crippen LogP contribution < -0.4 is 16.6 Å². The van der Waals surface area contributed by atoms with Gasteiger partial charge in [-0.3, -0.25) is 5.43 Å². The molecule has 1 aliphatic rings. The van der Waals surface area contributed by atoms with Gasteiger partial charge in [-0.2, -0.15) is 4.98 Å². The quantitative estimate of drug-likeness (QED) is 0.515. The molecule has 2 unspecified atom stereocenters. The summed E-state index contributed by atoms with van der Waals surface area (Å²) in [6.07, 6.45) is 5.51. The first-order chi connectivity index (χ1) is 7.29. The van der Waals surface area contributed by atoms with Crippen LogP contribution in [0.2, 0.25) is 0 Å². The van der Waals surface area contributed by atoms with Crippen LogP contribution in [0.15, 0.2) is 12.3 Å². The van der Waals surface area contributed by atoms with Crippen molar-refractivity contribution in [1.29, 1.82) is 0 Å². The Morgan fingerprint density at radius 3 is 3.00 bits per heavy atom. The van der Waals surface area contributed by atoms with E-state index in [9.17, 15) is 0 Å². The lowest BCUT2D eigenvalue weighted by atomic mass is 10.1. The molecule has 1 aliphatic carbocycles. The van der Waals surface area contributed by atoms with E-state index < -0.39 is 0 Å². The second kappa shape index (κ2) is 4.44. The Morgan fingerprint density at radius 2 is 2.33 bits per heavy atom. The zero-order chi connectivity index (χ0) is 10.7. The van der Waals surface area contributed by atoms with Crippen molar-refractivity contribution in [2.24, 2.45) is 11.8 Å². The molecule has 0 bridgehead atoms. The maximum Gasteiger partial charge on any atom is 0.239 e. The molecule has 15 heavy (non-hydrogen) atoms. The molecule has 0 amide bonds. The molecule has 0 radical (unpaired) electrons. The van der Waals surface area contributed by atoms with Gasteiger partial charge in [-0.1, -0.05) is 13.3 Å². The van der Waals surface area contributed by atoms with Crippen LogP contribution in [0.4, 0.5) is 11.8 Å². The van der Waals surface area contributed by atoms with Gasteiger partial charge in [0.25, 0.3) is 0 Å². The summed E-state index contributed by atoms with van der Waals surface area (Å²) >= 11 is 0. The molecular formula is C10H17N5. The number of anilines is 2. The third-order valence-corrected chi connectivity index (χ3v) is 2.98. The Labute approximate surface area is 89.5 Å². The topological polar surface area (TPSA) is 75.9 Å². The van der Waals surface area contributed by atoms with Crippen molar-refractivity contribution in [2.45, 2.75) is 32.2 Å². The van der Waals surface area contributed by atoms with E-state index in [1.807, 2.05) is 6.07 Å². The van der Waals surface area contributed by atoms with E-state index in [2.05, 4.69) is 27.6 Å². The largest absolute Gasteiger partial charge is 0.367 e. The van der Waals surface area contributed by atoms with Gasteiger partial charge in [0, 0.05) is 12.2 Å². The van der Waals surface area contributed by atoms with Gasteiger partial charge in [-0.05, 0) is 24.8 Å². The normalized spacial score (nSPS) is 25.2. The zero-order valence-corrected chi connectivity index (χ0v) is 8.90. The van der Waals surface area contributed by atoms with Crippen LogP contribution in [0.1, 0.15) is 26.2 Å². The van der Waals surface area contributed by atoms with Gasteiger partial charge in [-0.15, -0.1) is 0 Å². The third kappa shape index (κ3) is 2.36. The van der Waals surface area contributed by atoms with Crippen molar-refractivity contribution in [1.82, 2.24) is 9.97 Å². The Kier molecular flexibility index (Phi) is 3.01. The van der Waals surface area contributed by atoms with Gasteiger partial charge in [0.15, 0.2) is 0 Å².